The van der Waals surface area contributed by atoms with Crippen LogP contribution in [0.25, 0.3) is 0 Å². The second kappa shape index (κ2) is 8.24. The second-order valence-corrected chi connectivity index (χ2v) is 10.6. The van der Waals surface area contributed by atoms with E-state index in [-0.39, 0.29) is 17.2 Å². The van der Waals surface area contributed by atoms with E-state index < -0.39 is 5.60 Å². The highest BCUT2D eigenvalue weighted by atomic mass is 16.6. The first-order valence-corrected chi connectivity index (χ1v) is 12.3. The van der Waals surface area contributed by atoms with E-state index in [9.17, 15) is 14.4 Å². The number of Topliss-reactive ketones (excluding diaryl/α,β-unsaturated/α-hetero) is 1. The molecule has 0 aliphatic heterocycles. The van der Waals surface area contributed by atoms with Crippen LogP contribution in [-0.2, 0) is 19.1 Å². The van der Waals surface area contributed by atoms with Crippen LogP contribution in [0.4, 0.5) is 0 Å². The van der Waals surface area contributed by atoms with Crippen molar-refractivity contribution in [2.75, 3.05) is 0 Å². The number of fused-ring (bicyclic) bond motifs is 5. The summed E-state index contributed by atoms with van der Waals surface area (Å²) >= 11 is 0. The first-order valence-electron chi connectivity index (χ1n) is 12.3. The summed E-state index contributed by atoms with van der Waals surface area (Å²) in [5, 5.41) is 0. The molecule has 3 saturated carbocycles. The molecule has 30 heavy (non-hydrogen) atoms. The number of ketones is 2. The maximum absolute atomic E-state index is 13.0. The number of rotatable bonds is 6. The molecular formula is C26H38O4. The van der Waals surface area contributed by atoms with E-state index in [1.54, 1.807) is 6.92 Å². The van der Waals surface area contributed by atoms with Gasteiger partial charge in [0.2, 0.25) is 0 Å². The molecule has 4 rings (SSSR count). The molecule has 0 spiro atoms. The topological polar surface area (TPSA) is 60.4 Å². The minimum Gasteiger partial charge on any atom is -0.450 e. The predicted molar refractivity (Wildman–Crippen MR) is 116 cm³/mol. The Hall–Kier alpha value is -1.45. The first-order chi connectivity index (χ1) is 14.3. The van der Waals surface area contributed by atoms with Crippen molar-refractivity contribution in [2.24, 2.45) is 29.1 Å². The van der Waals surface area contributed by atoms with Crippen molar-refractivity contribution in [3.05, 3.63) is 11.6 Å². The van der Waals surface area contributed by atoms with E-state index in [4.69, 9.17) is 4.74 Å². The summed E-state index contributed by atoms with van der Waals surface area (Å²) in [7, 11) is 0. The van der Waals surface area contributed by atoms with Crippen molar-refractivity contribution in [3.8, 4) is 0 Å². The van der Waals surface area contributed by atoms with E-state index in [1.165, 1.54) is 5.57 Å². The van der Waals surface area contributed by atoms with Crippen LogP contribution >= 0.6 is 0 Å². The van der Waals surface area contributed by atoms with Gasteiger partial charge in [-0.1, -0.05) is 32.3 Å². The van der Waals surface area contributed by atoms with Crippen molar-refractivity contribution >= 4 is 17.5 Å². The summed E-state index contributed by atoms with van der Waals surface area (Å²) in [5.74, 6) is 2.33. The summed E-state index contributed by atoms with van der Waals surface area (Å²) in [6, 6.07) is 0. The summed E-state index contributed by atoms with van der Waals surface area (Å²) in [6.07, 6.45) is 12.8. The Kier molecular flexibility index (Phi) is 5.98. The lowest BCUT2D eigenvalue weighted by Gasteiger charge is -2.55. The molecular weight excluding hydrogens is 376 g/mol. The van der Waals surface area contributed by atoms with Gasteiger partial charge in [0.1, 0.15) is 0 Å². The smallest absolute Gasteiger partial charge is 0.306 e. The highest BCUT2D eigenvalue weighted by Crippen LogP contribution is 2.66. The maximum atomic E-state index is 13.0. The van der Waals surface area contributed by atoms with Gasteiger partial charge in [0.15, 0.2) is 17.2 Å². The minimum atomic E-state index is -0.940. The SMILES string of the molecule is CCCCCC(=O)O[C@]1(C(C)=O)CC[C@@H]2[C@@H]3CCC4=CC(=O)CC[C@@H]4[C@H]3CC[C@@]21C. The van der Waals surface area contributed by atoms with Crippen LogP contribution in [-0.4, -0.2) is 23.1 Å². The van der Waals surface area contributed by atoms with Gasteiger partial charge in [-0.05, 0) is 88.0 Å². The molecule has 0 bridgehead atoms. The first kappa shape index (κ1) is 21.8. The number of ether oxygens (including phenoxy) is 1. The van der Waals surface area contributed by atoms with Crippen molar-refractivity contribution < 1.29 is 19.1 Å². The Morgan fingerprint density at radius 3 is 2.60 bits per heavy atom. The third-order valence-corrected chi connectivity index (χ3v) is 9.26. The number of carbonyl (C=O) groups is 3. The van der Waals surface area contributed by atoms with E-state index in [0.29, 0.717) is 48.7 Å². The van der Waals surface area contributed by atoms with Crippen LogP contribution in [0.1, 0.15) is 97.8 Å². The molecule has 0 radical (unpaired) electrons. The monoisotopic (exact) mass is 414 g/mol. The third kappa shape index (κ3) is 3.39. The van der Waals surface area contributed by atoms with Gasteiger partial charge in [0.25, 0.3) is 0 Å². The number of esters is 1. The average Bonchev–Trinajstić information content (AvgIpc) is 3.01. The highest BCUT2D eigenvalue weighted by Gasteiger charge is 2.66. The Bertz CT molecular complexity index is 752. The van der Waals surface area contributed by atoms with Gasteiger partial charge >= 0.3 is 5.97 Å². The molecule has 3 fully saturated rings. The fourth-order valence-electron chi connectivity index (χ4n) is 7.76. The summed E-state index contributed by atoms with van der Waals surface area (Å²) in [6.45, 7) is 5.99. The fraction of sp³-hybridized carbons (Fsp3) is 0.808. The van der Waals surface area contributed by atoms with E-state index in [1.807, 2.05) is 6.08 Å². The van der Waals surface area contributed by atoms with Gasteiger partial charge in [0, 0.05) is 18.3 Å². The average molecular weight is 415 g/mol. The lowest BCUT2D eigenvalue weighted by Crippen LogP contribution is -2.57. The van der Waals surface area contributed by atoms with Gasteiger partial charge in [-0.3, -0.25) is 14.4 Å². The summed E-state index contributed by atoms with van der Waals surface area (Å²) in [5.41, 5.74) is 0.186. The van der Waals surface area contributed by atoms with Crippen LogP contribution in [0, 0.1) is 29.1 Å². The van der Waals surface area contributed by atoms with Gasteiger partial charge in [0.05, 0.1) is 0 Å². The third-order valence-electron chi connectivity index (χ3n) is 9.26. The van der Waals surface area contributed by atoms with Crippen molar-refractivity contribution in [3.63, 3.8) is 0 Å². The lowest BCUT2D eigenvalue weighted by molar-refractivity contribution is -0.187. The second-order valence-electron chi connectivity index (χ2n) is 10.6. The molecule has 6 atom stereocenters. The molecule has 0 aromatic rings. The van der Waals surface area contributed by atoms with Crippen molar-refractivity contribution in [1.29, 1.82) is 0 Å². The molecule has 0 amide bonds. The van der Waals surface area contributed by atoms with Gasteiger partial charge < -0.3 is 4.74 Å². The summed E-state index contributed by atoms with van der Waals surface area (Å²) in [4.78, 5) is 37.6. The highest BCUT2D eigenvalue weighted by molar-refractivity contribution is 5.91. The van der Waals surface area contributed by atoms with Crippen LogP contribution in [0.5, 0.6) is 0 Å². The summed E-state index contributed by atoms with van der Waals surface area (Å²) < 4.78 is 6.14. The van der Waals surface area contributed by atoms with E-state index in [0.717, 1.165) is 57.8 Å². The Balaban J connectivity index is 1.56. The van der Waals surface area contributed by atoms with Gasteiger partial charge in [-0.15, -0.1) is 0 Å². The normalized spacial score (nSPS) is 40.1. The zero-order valence-corrected chi connectivity index (χ0v) is 19.0. The molecule has 0 unspecified atom stereocenters. The zero-order chi connectivity index (χ0) is 21.5. The molecule has 4 nitrogen and oxygen atoms in total. The Labute approximate surface area is 181 Å². The quantitative estimate of drug-likeness (QED) is 0.420. The molecule has 0 N–H and O–H groups in total. The largest absolute Gasteiger partial charge is 0.450 e. The number of hydrogen-bond donors (Lipinski definition) is 0. The van der Waals surface area contributed by atoms with Crippen LogP contribution in [0.3, 0.4) is 0 Å². The molecule has 4 aliphatic carbocycles. The molecule has 0 heterocycles. The van der Waals surface area contributed by atoms with Crippen LogP contribution < -0.4 is 0 Å². The zero-order valence-electron chi connectivity index (χ0n) is 19.0. The lowest BCUT2D eigenvalue weighted by atomic mass is 9.50. The molecule has 0 aromatic heterocycles. The Morgan fingerprint density at radius 1 is 1.07 bits per heavy atom. The molecule has 166 valence electrons. The number of unbranched alkanes of at least 4 members (excludes halogenated alkanes) is 2. The maximum Gasteiger partial charge on any atom is 0.306 e. The fourth-order valence-corrected chi connectivity index (χ4v) is 7.76. The van der Waals surface area contributed by atoms with Crippen LogP contribution in [0.2, 0.25) is 0 Å². The minimum absolute atomic E-state index is 0.0365. The molecule has 4 aliphatic rings. The van der Waals surface area contributed by atoms with E-state index in [2.05, 4.69) is 13.8 Å². The Morgan fingerprint density at radius 2 is 1.87 bits per heavy atom. The standard InChI is InChI=1S/C26H38O4/c1-4-5-6-7-24(29)30-26(17(2)27)15-13-23-22-10-8-18-16-19(28)9-11-20(18)21(22)12-14-25(23,26)3/h16,20-23H,4-15H2,1-3H3/t20-,21+,22+,23+,25-,26-/m0/s1. The van der Waals surface area contributed by atoms with E-state index >= 15 is 0 Å². The van der Waals surface area contributed by atoms with Gasteiger partial charge in [-0.25, -0.2) is 0 Å². The van der Waals surface area contributed by atoms with Crippen molar-refractivity contribution in [1.82, 2.24) is 0 Å². The predicted octanol–water partition coefficient (Wildman–Crippen LogP) is 5.58. The molecule has 0 aromatic carbocycles. The van der Waals surface area contributed by atoms with Gasteiger partial charge in [-0.2, -0.15) is 0 Å². The van der Waals surface area contributed by atoms with Crippen LogP contribution in [0.15, 0.2) is 11.6 Å². The van der Waals surface area contributed by atoms with Crippen molar-refractivity contribution in [2.45, 2.75) is 103 Å². The molecule has 0 saturated heterocycles. The number of carbonyl (C=O) groups excluding carboxylic acids is 3. The number of allylic oxidation sites excluding steroid dienone is 1. The molecule has 4 heteroatoms. The number of hydrogen-bond acceptors (Lipinski definition) is 4.